The number of hydrogen-bond donors (Lipinski definition) is 1. The molecule has 1 aliphatic rings. The van der Waals surface area contributed by atoms with Crippen molar-refractivity contribution in [3.05, 3.63) is 60.4 Å². The second-order valence-corrected chi connectivity index (χ2v) is 6.90. The summed E-state index contributed by atoms with van der Waals surface area (Å²) in [5.41, 5.74) is 3.66. The fraction of sp³-hybridized carbons (Fsp3) is 0.381. The van der Waals surface area contributed by atoms with Crippen LogP contribution < -0.4 is 10.2 Å². The Morgan fingerprint density at radius 1 is 1.08 bits per heavy atom. The summed E-state index contributed by atoms with van der Waals surface area (Å²) < 4.78 is 2.22. The van der Waals surface area contributed by atoms with E-state index in [0.29, 0.717) is 6.04 Å². The van der Waals surface area contributed by atoms with E-state index in [-0.39, 0.29) is 0 Å². The van der Waals surface area contributed by atoms with Crippen LogP contribution in [0.4, 0.5) is 5.69 Å². The molecule has 1 saturated heterocycles. The summed E-state index contributed by atoms with van der Waals surface area (Å²) in [5.74, 6) is 1.18. The van der Waals surface area contributed by atoms with E-state index in [9.17, 15) is 0 Å². The molecule has 0 aliphatic carbocycles. The van der Waals surface area contributed by atoms with Crippen LogP contribution >= 0.6 is 0 Å². The molecule has 0 bridgehead atoms. The zero-order valence-corrected chi connectivity index (χ0v) is 14.9. The minimum Gasteiger partial charge on any atom is -0.370 e. The molecule has 1 atom stereocenters. The average molecular weight is 334 g/mol. The first-order valence-electron chi connectivity index (χ1n) is 9.25. The molecule has 130 valence electrons. The highest BCUT2D eigenvalue weighted by Crippen LogP contribution is 2.20. The fourth-order valence-corrected chi connectivity index (χ4v) is 3.77. The van der Waals surface area contributed by atoms with Gasteiger partial charge < -0.3 is 14.8 Å². The van der Waals surface area contributed by atoms with Crippen molar-refractivity contribution in [1.82, 2.24) is 14.9 Å². The smallest absolute Gasteiger partial charge is 0.109 e. The van der Waals surface area contributed by atoms with Crippen LogP contribution in [0.15, 0.2) is 54.6 Å². The van der Waals surface area contributed by atoms with Gasteiger partial charge in [0.05, 0.1) is 11.0 Å². The zero-order valence-electron chi connectivity index (χ0n) is 14.9. The van der Waals surface area contributed by atoms with Crippen molar-refractivity contribution in [1.29, 1.82) is 0 Å². The molecule has 0 amide bonds. The predicted octanol–water partition coefficient (Wildman–Crippen LogP) is 3.37. The van der Waals surface area contributed by atoms with Crippen LogP contribution in [0.2, 0.25) is 0 Å². The number of benzene rings is 2. The van der Waals surface area contributed by atoms with E-state index in [1.807, 2.05) is 0 Å². The van der Waals surface area contributed by atoms with Gasteiger partial charge in [-0.2, -0.15) is 0 Å². The predicted molar refractivity (Wildman–Crippen MR) is 104 cm³/mol. The van der Waals surface area contributed by atoms with E-state index in [0.717, 1.165) is 38.0 Å². The van der Waals surface area contributed by atoms with Crippen LogP contribution in [0.5, 0.6) is 0 Å². The van der Waals surface area contributed by atoms with Gasteiger partial charge in [-0.25, -0.2) is 4.98 Å². The van der Waals surface area contributed by atoms with E-state index >= 15 is 0 Å². The molecule has 4 heteroatoms. The zero-order chi connectivity index (χ0) is 17.1. The molecule has 2 aromatic carbocycles. The van der Waals surface area contributed by atoms with Gasteiger partial charge in [0.2, 0.25) is 0 Å². The number of rotatable bonds is 6. The molecule has 0 saturated carbocycles. The van der Waals surface area contributed by atoms with E-state index in [1.165, 1.54) is 23.4 Å². The van der Waals surface area contributed by atoms with Crippen molar-refractivity contribution in [2.45, 2.75) is 25.3 Å². The highest BCUT2D eigenvalue weighted by molar-refractivity contribution is 5.75. The molecule has 1 fully saturated rings. The van der Waals surface area contributed by atoms with Crippen molar-refractivity contribution in [3.8, 4) is 0 Å². The summed E-state index contributed by atoms with van der Waals surface area (Å²) in [6, 6.07) is 19.7. The number of aryl methyl sites for hydroxylation is 2. The topological polar surface area (TPSA) is 33.1 Å². The highest BCUT2D eigenvalue weighted by atomic mass is 15.2. The molecule has 1 aromatic heterocycles. The maximum Gasteiger partial charge on any atom is 0.109 e. The Labute approximate surface area is 149 Å². The maximum absolute atomic E-state index is 4.76. The number of nitrogens with zero attached hydrogens (tertiary/aromatic N) is 3. The van der Waals surface area contributed by atoms with E-state index < -0.39 is 0 Å². The van der Waals surface area contributed by atoms with Crippen molar-refractivity contribution in [2.24, 2.45) is 7.05 Å². The Kier molecular flexibility index (Phi) is 4.70. The lowest BCUT2D eigenvalue weighted by atomic mass is 10.2. The molecule has 1 N–H and O–H groups in total. The number of imidazole rings is 1. The SMILES string of the molecule is Cn1c(CCCNC2CCN(c3ccccc3)C2)nc2ccccc21. The van der Waals surface area contributed by atoms with Gasteiger partial charge >= 0.3 is 0 Å². The third-order valence-corrected chi connectivity index (χ3v) is 5.20. The minimum absolute atomic E-state index is 0.598. The molecular weight excluding hydrogens is 308 g/mol. The number of hydrogen-bond acceptors (Lipinski definition) is 3. The van der Waals surface area contributed by atoms with E-state index in [4.69, 9.17) is 4.98 Å². The van der Waals surface area contributed by atoms with Crippen LogP contribution in [0.25, 0.3) is 11.0 Å². The normalized spacial score (nSPS) is 17.5. The third-order valence-electron chi connectivity index (χ3n) is 5.20. The minimum atomic E-state index is 0.598. The second kappa shape index (κ2) is 7.28. The van der Waals surface area contributed by atoms with Gasteiger partial charge in [0.25, 0.3) is 0 Å². The van der Waals surface area contributed by atoms with Crippen LogP contribution in [-0.2, 0) is 13.5 Å². The van der Waals surface area contributed by atoms with E-state index in [2.05, 4.69) is 76.4 Å². The van der Waals surface area contributed by atoms with Gasteiger partial charge in [0, 0.05) is 38.3 Å². The average Bonchev–Trinajstić information content (AvgIpc) is 3.25. The van der Waals surface area contributed by atoms with Crippen molar-refractivity contribution in [3.63, 3.8) is 0 Å². The molecule has 1 aliphatic heterocycles. The Bertz CT molecular complexity index is 824. The summed E-state index contributed by atoms with van der Waals surface area (Å²) in [7, 11) is 2.12. The lowest BCUT2D eigenvalue weighted by Crippen LogP contribution is -2.33. The Hall–Kier alpha value is -2.33. The lowest BCUT2D eigenvalue weighted by Gasteiger charge is -2.19. The van der Waals surface area contributed by atoms with Gasteiger partial charge in [0.1, 0.15) is 5.82 Å². The Morgan fingerprint density at radius 2 is 1.88 bits per heavy atom. The number of nitrogens with one attached hydrogen (secondary N) is 1. The number of fused-ring (bicyclic) bond motifs is 1. The van der Waals surface area contributed by atoms with Gasteiger partial charge in [-0.15, -0.1) is 0 Å². The standard InChI is InChI=1S/C21H26N4/c1-24-20-11-6-5-10-19(20)23-21(24)12-7-14-22-17-13-15-25(16-17)18-8-3-2-4-9-18/h2-6,8-11,17,22H,7,12-16H2,1H3. The van der Waals surface area contributed by atoms with Crippen LogP contribution in [0.1, 0.15) is 18.7 Å². The first-order chi connectivity index (χ1) is 12.3. The molecule has 4 nitrogen and oxygen atoms in total. The van der Waals surface area contributed by atoms with Gasteiger partial charge in [-0.05, 0) is 43.7 Å². The fourth-order valence-electron chi connectivity index (χ4n) is 3.77. The Balaban J connectivity index is 1.25. The second-order valence-electron chi connectivity index (χ2n) is 6.90. The van der Waals surface area contributed by atoms with Crippen molar-refractivity contribution < 1.29 is 0 Å². The molecule has 0 radical (unpaired) electrons. The molecule has 25 heavy (non-hydrogen) atoms. The molecule has 3 aromatic rings. The molecular formula is C21H26N4. The largest absolute Gasteiger partial charge is 0.370 e. The van der Waals surface area contributed by atoms with Crippen molar-refractivity contribution in [2.75, 3.05) is 24.5 Å². The summed E-state index contributed by atoms with van der Waals surface area (Å²) in [4.78, 5) is 7.24. The van der Waals surface area contributed by atoms with Crippen LogP contribution in [0, 0.1) is 0 Å². The summed E-state index contributed by atoms with van der Waals surface area (Å²) >= 11 is 0. The van der Waals surface area contributed by atoms with Gasteiger partial charge in [-0.1, -0.05) is 30.3 Å². The lowest BCUT2D eigenvalue weighted by molar-refractivity contribution is 0.534. The van der Waals surface area contributed by atoms with Gasteiger partial charge in [-0.3, -0.25) is 0 Å². The number of anilines is 1. The summed E-state index contributed by atoms with van der Waals surface area (Å²) in [5, 5.41) is 3.73. The van der Waals surface area contributed by atoms with Crippen molar-refractivity contribution >= 4 is 16.7 Å². The Morgan fingerprint density at radius 3 is 2.72 bits per heavy atom. The monoisotopic (exact) mass is 334 g/mol. The molecule has 0 spiro atoms. The van der Waals surface area contributed by atoms with E-state index in [1.54, 1.807) is 0 Å². The molecule has 1 unspecified atom stereocenters. The highest BCUT2D eigenvalue weighted by Gasteiger charge is 2.21. The number of para-hydroxylation sites is 3. The van der Waals surface area contributed by atoms with Gasteiger partial charge in [0.15, 0.2) is 0 Å². The summed E-state index contributed by atoms with van der Waals surface area (Å²) in [6.07, 6.45) is 3.37. The molecule has 4 rings (SSSR count). The van der Waals surface area contributed by atoms with Crippen LogP contribution in [-0.4, -0.2) is 35.2 Å². The maximum atomic E-state index is 4.76. The quantitative estimate of drug-likeness (QED) is 0.702. The molecule has 2 heterocycles. The first kappa shape index (κ1) is 16.2. The summed E-state index contributed by atoms with van der Waals surface area (Å²) in [6.45, 7) is 3.30. The first-order valence-corrected chi connectivity index (χ1v) is 9.25. The third kappa shape index (κ3) is 3.54. The van der Waals surface area contributed by atoms with Crippen LogP contribution in [0.3, 0.4) is 0 Å². The number of aromatic nitrogens is 2.